The van der Waals surface area contributed by atoms with Gasteiger partial charge in [0, 0.05) is 48.0 Å². The highest BCUT2D eigenvalue weighted by Crippen LogP contribution is 2.32. The molecule has 0 bridgehead atoms. The lowest BCUT2D eigenvalue weighted by Crippen LogP contribution is -2.34. The first kappa shape index (κ1) is 26.6. The number of phenols is 1. The summed E-state index contributed by atoms with van der Waals surface area (Å²) in [4.78, 5) is 18.4. The van der Waals surface area contributed by atoms with Gasteiger partial charge in [-0.25, -0.2) is 8.42 Å². The van der Waals surface area contributed by atoms with E-state index in [2.05, 4.69) is 29.8 Å². The number of piperidine rings is 2. The van der Waals surface area contributed by atoms with Gasteiger partial charge >= 0.3 is 0 Å². The van der Waals surface area contributed by atoms with E-state index in [-0.39, 0.29) is 26.4 Å². The Morgan fingerprint density at radius 1 is 0.763 bits per heavy atom. The number of hydrogen-bond acceptors (Lipinski definition) is 9. The van der Waals surface area contributed by atoms with Gasteiger partial charge in [-0.3, -0.25) is 4.72 Å². The largest absolute Gasteiger partial charge is 0.506 e. The maximum atomic E-state index is 12.8. The third kappa shape index (κ3) is 6.33. The van der Waals surface area contributed by atoms with Crippen LogP contribution in [-0.4, -0.2) is 54.7 Å². The summed E-state index contributed by atoms with van der Waals surface area (Å²) in [5, 5.41) is 14.1. The molecule has 2 aliphatic rings. The van der Waals surface area contributed by atoms with Crippen molar-refractivity contribution in [3.63, 3.8) is 0 Å². The normalized spacial score (nSPS) is 16.4. The smallest absolute Gasteiger partial charge is 0.262 e. The van der Waals surface area contributed by atoms with Gasteiger partial charge in [0.15, 0.2) is 0 Å². The van der Waals surface area contributed by atoms with Crippen molar-refractivity contribution >= 4 is 62.4 Å². The van der Waals surface area contributed by atoms with E-state index in [1.807, 2.05) is 0 Å². The van der Waals surface area contributed by atoms with Gasteiger partial charge in [-0.1, -0.05) is 23.2 Å². The van der Waals surface area contributed by atoms with Gasteiger partial charge in [-0.05, 0) is 68.9 Å². The zero-order valence-electron chi connectivity index (χ0n) is 20.7. The van der Waals surface area contributed by atoms with Crippen molar-refractivity contribution in [1.29, 1.82) is 0 Å². The maximum absolute atomic E-state index is 12.8. The molecule has 0 radical (unpaired) electrons. The fourth-order valence-corrected chi connectivity index (χ4v) is 6.39. The summed E-state index contributed by atoms with van der Waals surface area (Å²) in [5.41, 5.74) is 0.502. The van der Waals surface area contributed by atoms with Crippen LogP contribution in [0.4, 0.5) is 29.2 Å². The third-order valence-electron chi connectivity index (χ3n) is 6.53. The molecule has 10 nitrogen and oxygen atoms in total. The predicted octanol–water partition coefficient (Wildman–Crippen LogP) is 5.41. The molecule has 2 saturated heterocycles. The average molecular weight is 579 g/mol. The minimum absolute atomic E-state index is 0.00491. The lowest BCUT2D eigenvalue weighted by atomic mass is 10.1. The van der Waals surface area contributed by atoms with Crippen molar-refractivity contribution in [2.75, 3.05) is 46.0 Å². The molecule has 3 aromatic rings. The van der Waals surface area contributed by atoms with Gasteiger partial charge in [0.1, 0.15) is 5.75 Å². The van der Waals surface area contributed by atoms with E-state index in [1.165, 1.54) is 43.2 Å². The van der Waals surface area contributed by atoms with Crippen molar-refractivity contribution in [3.8, 4) is 5.75 Å². The molecular formula is C25H29Cl2N7O3S. The number of phenolic OH excluding ortho intramolecular Hbond substituents is 1. The Morgan fingerprint density at radius 3 is 1.84 bits per heavy atom. The second-order valence-electron chi connectivity index (χ2n) is 9.42. The third-order valence-corrected chi connectivity index (χ3v) is 8.32. The number of nitrogens with zero attached hydrogens (tertiary/aromatic N) is 5. The Bertz CT molecular complexity index is 1360. The van der Waals surface area contributed by atoms with Gasteiger partial charge in [-0.15, -0.1) is 0 Å². The molecular weight excluding hydrogens is 549 g/mol. The predicted molar refractivity (Wildman–Crippen MR) is 151 cm³/mol. The molecule has 0 unspecified atom stereocenters. The molecule has 0 spiro atoms. The average Bonchev–Trinajstić information content (AvgIpc) is 2.90. The van der Waals surface area contributed by atoms with Crippen LogP contribution in [0.15, 0.2) is 41.3 Å². The van der Waals surface area contributed by atoms with Crippen LogP contribution in [0.25, 0.3) is 0 Å². The molecule has 3 N–H and O–H groups in total. The standard InChI is InChI=1S/C25H29Cl2N7O3S/c26-17-13-18(27)15-20(14-17)38(36,37)32-21-8-7-19(16-22(21)35)28-23-29-24(33-9-3-1-4-10-33)31-25(30-23)34-11-5-2-6-12-34/h7-8,13-16,32,35H,1-6,9-12H2,(H,28,29,30,31). The van der Waals surface area contributed by atoms with Crippen molar-refractivity contribution in [2.24, 2.45) is 0 Å². The lowest BCUT2D eigenvalue weighted by molar-refractivity contribution is 0.478. The van der Waals surface area contributed by atoms with E-state index in [1.54, 1.807) is 6.07 Å². The summed E-state index contributed by atoms with van der Waals surface area (Å²) in [5.74, 6) is 1.36. The van der Waals surface area contributed by atoms with Crippen molar-refractivity contribution < 1.29 is 13.5 Å². The van der Waals surface area contributed by atoms with Crippen molar-refractivity contribution in [2.45, 2.75) is 43.4 Å². The van der Waals surface area contributed by atoms with Gasteiger partial charge in [0.25, 0.3) is 10.0 Å². The molecule has 5 rings (SSSR count). The number of sulfonamides is 1. The van der Waals surface area contributed by atoms with Crippen molar-refractivity contribution in [3.05, 3.63) is 46.4 Å². The van der Waals surface area contributed by atoms with Crippen LogP contribution in [0.1, 0.15) is 38.5 Å². The Morgan fingerprint density at radius 2 is 1.32 bits per heavy atom. The first-order valence-electron chi connectivity index (χ1n) is 12.6. The van der Waals surface area contributed by atoms with Gasteiger partial charge < -0.3 is 20.2 Å². The van der Waals surface area contributed by atoms with E-state index < -0.39 is 10.0 Å². The minimum Gasteiger partial charge on any atom is -0.506 e. The fourth-order valence-electron chi connectivity index (χ4n) is 4.59. The number of halogens is 2. The molecule has 202 valence electrons. The highest BCUT2D eigenvalue weighted by Gasteiger charge is 2.21. The number of hydrogen-bond donors (Lipinski definition) is 3. The highest BCUT2D eigenvalue weighted by molar-refractivity contribution is 7.92. The molecule has 0 atom stereocenters. The number of aromatic nitrogens is 3. The molecule has 13 heteroatoms. The zero-order valence-corrected chi connectivity index (χ0v) is 23.0. The first-order valence-corrected chi connectivity index (χ1v) is 14.9. The van der Waals surface area contributed by atoms with Crippen LogP contribution >= 0.6 is 23.2 Å². The zero-order chi connectivity index (χ0) is 26.7. The molecule has 2 fully saturated rings. The summed E-state index contributed by atoms with van der Waals surface area (Å²) in [6.45, 7) is 3.60. The topological polar surface area (TPSA) is 124 Å². The molecule has 0 saturated carbocycles. The van der Waals surface area contributed by atoms with E-state index in [0.717, 1.165) is 51.9 Å². The SMILES string of the molecule is O=S(=O)(Nc1ccc(Nc2nc(N3CCCCC3)nc(N3CCCCC3)n2)cc1O)c1cc(Cl)cc(Cl)c1. The van der Waals surface area contributed by atoms with Crippen LogP contribution in [0, 0.1) is 0 Å². The molecule has 1 aromatic heterocycles. The molecule has 3 heterocycles. The highest BCUT2D eigenvalue weighted by atomic mass is 35.5. The van der Waals surface area contributed by atoms with E-state index in [0.29, 0.717) is 23.5 Å². The lowest BCUT2D eigenvalue weighted by Gasteiger charge is -2.30. The fraction of sp³-hybridized carbons (Fsp3) is 0.400. The molecule has 2 aromatic carbocycles. The maximum Gasteiger partial charge on any atom is 0.262 e. The van der Waals surface area contributed by atoms with E-state index in [9.17, 15) is 13.5 Å². The number of aromatic hydroxyl groups is 1. The Labute approximate surface area is 232 Å². The van der Waals surface area contributed by atoms with Crippen LogP contribution in [0.5, 0.6) is 5.75 Å². The monoisotopic (exact) mass is 577 g/mol. The van der Waals surface area contributed by atoms with Crippen LogP contribution in [0.3, 0.4) is 0 Å². The number of benzene rings is 2. The summed E-state index contributed by atoms with van der Waals surface area (Å²) in [7, 11) is -4.03. The van der Waals surface area contributed by atoms with Gasteiger partial charge in [-0.2, -0.15) is 15.0 Å². The summed E-state index contributed by atoms with van der Waals surface area (Å²) in [6, 6.07) is 8.50. The first-order chi connectivity index (χ1) is 18.3. The summed E-state index contributed by atoms with van der Waals surface area (Å²) < 4.78 is 28.0. The van der Waals surface area contributed by atoms with E-state index in [4.69, 9.17) is 28.2 Å². The van der Waals surface area contributed by atoms with Crippen LogP contribution in [0.2, 0.25) is 10.0 Å². The number of anilines is 5. The quantitative estimate of drug-likeness (QED) is 0.316. The van der Waals surface area contributed by atoms with E-state index >= 15 is 0 Å². The number of nitrogens with one attached hydrogen (secondary N) is 2. The van der Waals surface area contributed by atoms with Gasteiger partial charge in [0.05, 0.1) is 10.6 Å². The van der Waals surface area contributed by atoms with Crippen molar-refractivity contribution in [1.82, 2.24) is 15.0 Å². The minimum atomic E-state index is -4.03. The molecule has 0 aliphatic carbocycles. The molecule has 2 aliphatic heterocycles. The Kier molecular flexibility index (Phi) is 7.96. The summed E-state index contributed by atoms with van der Waals surface area (Å²) >= 11 is 11.9. The second-order valence-corrected chi connectivity index (χ2v) is 12.0. The molecule has 0 amide bonds. The number of rotatable bonds is 7. The van der Waals surface area contributed by atoms with Crippen LogP contribution in [-0.2, 0) is 10.0 Å². The van der Waals surface area contributed by atoms with Gasteiger partial charge in [0.2, 0.25) is 17.8 Å². The summed E-state index contributed by atoms with van der Waals surface area (Å²) in [6.07, 6.45) is 6.79. The van der Waals surface area contributed by atoms with Crippen LogP contribution < -0.4 is 19.8 Å². The Hall–Kier alpha value is -3.02. The molecule has 38 heavy (non-hydrogen) atoms. The second kappa shape index (κ2) is 11.4. The Balaban J connectivity index is 1.38.